The van der Waals surface area contributed by atoms with Crippen molar-refractivity contribution in [1.29, 1.82) is 0 Å². The fourth-order valence-electron chi connectivity index (χ4n) is 1.94. The third-order valence-electron chi connectivity index (χ3n) is 3.02. The van der Waals surface area contributed by atoms with Crippen LogP contribution < -0.4 is 5.32 Å². The van der Waals surface area contributed by atoms with Crippen LogP contribution in [0.1, 0.15) is 24.0 Å². The van der Waals surface area contributed by atoms with Crippen molar-refractivity contribution < 1.29 is 0 Å². The van der Waals surface area contributed by atoms with Crippen molar-refractivity contribution in [3.8, 4) is 0 Å². The van der Waals surface area contributed by atoms with Gasteiger partial charge in [-0.1, -0.05) is 6.92 Å². The van der Waals surface area contributed by atoms with Gasteiger partial charge in [-0.25, -0.2) is 0 Å². The maximum Gasteiger partial charge on any atom is 0.0637 e. The van der Waals surface area contributed by atoms with Gasteiger partial charge < -0.3 is 5.32 Å². The van der Waals surface area contributed by atoms with Crippen LogP contribution in [0.3, 0.4) is 0 Å². The Bertz CT molecular complexity index is 497. The van der Waals surface area contributed by atoms with Gasteiger partial charge in [-0.2, -0.15) is 10.2 Å². The Labute approximate surface area is 108 Å². The molecule has 0 spiro atoms. The standard InChI is InChI=1S/C13H21N5/c1-4-11-9-13(18(3)16-11)10-14-7-5-12-6-8-17(2)15-12/h6,8-9,14H,4-5,7,10H2,1-3H3. The van der Waals surface area contributed by atoms with Gasteiger partial charge in [0.25, 0.3) is 0 Å². The molecule has 2 rings (SSSR count). The molecule has 0 saturated carbocycles. The van der Waals surface area contributed by atoms with Gasteiger partial charge >= 0.3 is 0 Å². The van der Waals surface area contributed by atoms with Gasteiger partial charge in [0.15, 0.2) is 0 Å². The largest absolute Gasteiger partial charge is 0.311 e. The molecular weight excluding hydrogens is 226 g/mol. The molecule has 0 radical (unpaired) electrons. The van der Waals surface area contributed by atoms with Crippen LogP contribution in [0.25, 0.3) is 0 Å². The molecule has 0 aliphatic heterocycles. The van der Waals surface area contributed by atoms with Crippen molar-refractivity contribution in [2.75, 3.05) is 6.54 Å². The summed E-state index contributed by atoms with van der Waals surface area (Å²) in [5.74, 6) is 0. The van der Waals surface area contributed by atoms with Gasteiger partial charge in [0.2, 0.25) is 0 Å². The molecule has 0 fully saturated rings. The highest BCUT2D eigenvalue weighted by molar-refractivity contribution is 5.10. The van der Waals surface area contributed by atoms with Crippen LogP contribution in [0.5, 0.6) is 0 Å². The number of aromatic nitrogens is 4. The van der Waals surface area contributed by atoms with Gasteiger partial charge in [0.05, 0.1) is 17.1 Å². The quantitative estimate of drug-likeness (QED) is 0.776. The van der Waals surface area contributed by atoms with Crippen molar-refractivity contribution in [2.24, 2.45) is 14.1 Å². The fraction of sp³-hybridized carbons (Fsp3) is 0.538. The molecule has 0 aliphatic carbocycles. The lowest BCUT2D eigenvalue weighted by molar-refractivity contribution is 0.616. The molecule has 2 aromatic rings. The van der Waals surface area contributed by atoms with E-state index < -0.39 is 0 Å². The van der Waals surface area contributed by atoms with E-state index in [-0.39, 0.29) is 0 Å². The summed E-state index contributed by atoms with van der Waals surface area (Å²) in [5, 5.41) is 12.2. The summed E-state index contributed by atoms with van der Waals surface area (Å²) in [6.45, 7) is 3.92. The molecule has 18 heavy (non-hydrogen) atoms. The van der Waals surface area contributed by atoms with Gasteiger partial charge in [-0.05, 0) is 18.6 Å². The molecular formula is C13H21N5. The minimum absolute atomic E-state index is 0.857. The van der Waals surface area contributed by atoms with Gasteiger partial charge in [0, 0.05) is 39.8 Å². The zero-order chi connectivity index (χ0) is 13.0. The summed E-state index contributed by atoms with van der Waals surface area (Å²) in [5.41, 5.74) is 3.51. The van der Waals surface area contributed by atoms with Gasteiger partial charge in [0.1, 0.15) is 0 Å². The molecule has 0 saturated heterocycles. The normalized spacial score (nSPS) is 11.1. The first-order valence-corrected chi connectivity index (χ1v) is 6.40. The third-order valence-corrected chi connectivity index (χ3v) is 3.02. The Morgan fingerprint density at radius 3 is 2.67 bits per heavy atom. The van der Waals surface area contributed by atoms with E-state index in [1.165, 1.54) is 5.69 Å². The van der Waals surface area contributed by atoms with E-state index >= 15 is 0 Å². The molecule has 0 amide bonds. The molecule has 2 heterocycles. The highest BCUT2D eigenvalue weighted by Crippen LogP contribution is 2.03. The van der Waals surface area contributed by atoms with Crippen molar-refractivity contribution in [3.05, 3.63) is 35.4 Å². The second kappa shape index (κ2) is 5.82. The SMILES string of the molecule is CCc1cc(CNCCc2ccn(C)n2)n(C)n1. The first kappa shape index (κ1) is 12.8. The summed E-state index contributed by atoms with van der Waals surface area (Å²) >= 11 is 0. The summed E-state index contributed by atoms with van der Waals surface area (Å²) in [6, 6.07) is 4.22. The topological polar surface area (TPSA) is 47.7 Å². The van der Waals surface area contributed by atoms with Crippen LogP contribution in [0, 0.1) is 0 Å². The predicted octanol–water partition coefficient (Wildman–Crippen LogP) is 1.05. The molecule has 5 heteroatoms. The number of rotatable bonds is 6. The lowest BCUT2D eigenvalue weighted by Gasteiger charge is -2.03. The van der Waals surface area contributed by atoms with Crippen LogP contribution >= 0.6 is 0 Å². The first-order chi connectivity index (χ1) is 8.69. The zero-order valence-corrected chi connectivity index (χ0v) is 11.3. The van der Waals surface area contributed by atoms with E-state index in [9.17, 15) is 0 Å². The smallest absolute Gasteiger partial charge is 0.0637 e. The van der Waals surface area contributed by atoms with Crippen molar-refractivity contribution >= 4 is 0 Å². The van der Waals surface area contributed by atoms with Crippen LogP contribution in [0.4, 0.5) is 0 Å². The fourth-order valence-corrected chi connectivity index (χ4v) is 1.94. The lowest BCUT2D eigenvalue weighted by atomic mass is 10.3. The molecule has 0 atom stereocenters. The zero-order valence-electron chi connectivity index (χ0n) is 11.3. The Morgan fingerprint density at radius 2 is 2.06 bits per heavy atom. The van der Waals surface area contributed by atoms with E-state index in [4.69, 9.17) is 0 Å². The molecule has 2 aromatic heterocycles. The number of nitrogens with one attached hydrogen (secondary N) is 1. The van der Waals surface area contributed by atoms with E-state index in [0.29, 0.717) is 0 Å². The monoisotopic (exact) mass is 247 g/mol. The average molecular weight is 247 g/mol. The molecule has 0 unspecified atom stereocenters. The van der Waals surface area contributed by atoms with Crippen molar-refractivity contribution in [2.45, 2.75) is 26.3 Å². The summed E-state index contributed by atoms with van der Waals surface area (Å²) in [6.07, 6.45) is 3.92. The second-order valence-electron chi connectivity index (χ2n) is 4.51. The van der Waals surface area contributed by atoms with E-state index in [1.54, 1.807) is 0 Å². The molecule has 0 bridgehead atoms. The van der Waals surface area contributed by atoms with Crippen LogP contribution in [-0.4, -0.2) is 26.1 Å². The Balaban J connectivity index is 1.76. The minimum Gasteiger partial charge on any atom is -0.311 e. The Kier molecular flexibility index (Phi) is 4.15. The second-order valence-corrected chi connectivity index (χ2v) is 4.51. The third kappa shape index (κ3) is 3.20. The highest BCUT2D eigenvalue weighted by Gasteiger charge is 2.03. The Hall–Kier alpha value is -1.62. The maximum absolute atomic E-state index is 4.43. The number of hydrogen-bond donors (Lipinski definition) is 1. The van der Waals surface area contributed by atoms with Crippen molar-refractivity contribution in [1.82, 2.24) is 24.9 Å². The summed E-state index contributed by atoms with van der Waals surface area (Å²) < 4.78 is 3.79. The molecule has 5 nitrogen and oxygen atoms in total. The van der Waals surface area contributed by atoms with E-state index in [2.05, 4.69) is 34.6 Å². The number of nitrogens with zero attached hydrogens (tertiary/aromatic N) is 4. The first-order valence-electron chi connectivity index (χ1n) is 6.40. The van der Waals surface area contributed by atoms with Crippen LogP contribution in [-0.2, 0) is 33.5 Å². The Morgan fingerprint density at radius 1 is 1.22 bits per heavy atom. The minimum atomic E-state index is 0.857. The lowest BCUT2D eigenvalue weighted by Crippen LogP contribution is -2.18. The van der Waals surface area contributed by atoms with Gasteiger partial charge in [-0.3, -0.25) is 9.36 Å². The van der Waals surface area contributed by atoms with Crippen molar-refractivity contribution in [3.63, 3.8) is 0 Å². The summed E-state index contributed by atoms with van der Waals surface area (Å²) in [4.78, 5) is 0. The number of hydrogen-bond acceptors (Lipinski definition) is 3. The molecule has 1 N–H and O–H groups in total. The molecule has 0 aromatic carbocycles. The summed E-state index contributed by atoms with van der Waals surface area (Å²) in [7, 11) is 3.94. The number of aryl methyl sites for hydroxylation is 3. The van der Waals surface area contributed by atoms with Crippen LogP contribution in [0.15, 0.2) is 18.3 Å². The van der Waals surface area contributed by atoms with Crippen LogP contribution in [0.2, 0.25) is 0 Å². The average Bonchev–Trinajstić information content (AvgIpc) is 2.91. The van der Waals surface area contributed by atoms with E-state index in [0.717, 1.165) is 37.3 Å². The molecule has 98 valence electrons. The highest BCUT2D eigenvalue weighted by atomic mass is 15.3. The van der Waals surface area contributed by atoms with Gasteiger partial charge in [-0.15, -0.1) is 0 Å². The predicted molar refractivity (Wildman–Crippen MR) is 71.2 cm³/mol. The maximum atomic E-state index is 4.43. The van der Waals surface area contributed by atoms with E-state index in [1.807, 2.05) is 29.7 Å². The molecule has 0 aliphatic rings.